The number of benzene rings is 1. The Hall–Kier alpha value is -2.29. The lowest BCUT2D eigenvalue weighted by Crippen LogP contribution is -2.55. The largest absolute Gasteiger partial charge is 0.497 e. The van der Waals surface area contributed by atoms with Gasteiger partial charge in [0.05, 0.1) is 30.4 Å². The number of aryl methyl sites for hydroxylation is 1. The van der Waals surface area contributed by atoms with Crippen LogP contribution >= 0.6 is 11.3 Å². The molecule has 158 valence electrons. The zero-order valence-electron chi connectivity index (χ0n) is 17.8. The minimum atomic E-state index is 0.0420. The van der Waals surface area contributed by atoms with Gasteiger partial charge in [0.25, 0.3) is 0 Å². The first kappa shape index (κ1) is 19.7. The lowest BCUT2D eigenvalue weighted by Gasteiger charge is -2.48. The standard InChI is InChI=1S/C22H28N6OS/c1-16-19(30-15-23-16)12-27-10-8-22(9-11-27)14-26(2)13-20-24-25-21(28(20)22)17-4-6-18(29-3)7-5-17/h4-7,15H,8-14H2,1-3H3. The lowest BCUT2D eigenvalue weighted by molar-refractivity contribution is 0.0493. The second-order valence-electron chi connectivity index (χ2n) is 8.54. The van der Waals surface area contributed by atoms with Crippen molar-refractivity contribution in [2.24, 2.45) is 0 Å². The molecule has 3 aromatic rings. The average molecular weight is 425 g/mol. The van der Waals surface area contributed by atoms with E-state index in [0.717, 1.165) is 68.5 Å². The fourth-order valence-electron chi connectivity index (χ4n) is 4.91. The predicted octanol–water partition coefficient (Wildman–Crippen LogP) is 3.16. The Labute approximate surface area is 181 Å². The number of fused-ring (bicyclic) bond motifs is 2. The Kier molecular flexibility index (Phi) is 5.08. The molecule has 5 rings (SSSR count). The second kappa shape index (κ2) is 7.76. The number of hydrogen-bond donors (Lipinski definition) is 0. The van der Waals surface area contributed by atoms with Gasteiger partial charge in [-0.1, -0.05) is 0 Å². The number of rotatable bonds is 4. The molecule has 0 saturated carbocycles. The molecule has 2 aromatic heterocycles. The van der Waals surface area contributed by atoms with Crippen molar-refractivity contribution >= 4 is 11.3 Å². The maximum Gasteiger partial charge on any atom is 0.164 e. The van der Waals surface area contributed by atoms with Crippen LogP contribution in [0.5, 0.6) is 5.75 Å². The number of aromatic nitrogens is 4. The van der Waals surface area contributed by atoms with Crippen molar-refractivity contribution in [3.05, 3.63) is 46.2 Å². The number of ether oxygens (including phenoxy) is 1. The summed E-state index contributed by atoms with van der Waals surface area (Å²) in [6, 6.07) is 8.17. The molecule has 0 unspecified atom stereocenters. The molecule has 0 N–H and O–H groups in total. The van der Waals surface area contributed by atoms with Crippen LogP contribution in [0.15, 0.2) is 29.8 Å². The van der Waals surface area contributed by atoms with E-state index in [2.05, 4.69) is 55.7 Å². The van der Waals surface area contributed by atoms with E-state index in [9.17, 15) is 0 Å². The van der Waals surface area contributed by atoms with Crippen LogP contribution in [0.2, 0.25) is 0 Å². The van der Waals surface area contributed by atoms with Crippen LogP contribution in [0.25, 0.3) is 11.4 Å². The van der Waals surface area contributed by atoms with Crippen LogP contribution in [-0.4, -0.2) is 63.3 Å². The molecule has 0 amide bonds. The number of piperidine rings is 1. The van der Waals surface area contributed by atoms with E-state index in [0.29, 0.717) is 0 Å². The summed E-state index contributed by atoms with van der Waals surface area (Å²) in [6.45, 7) is 7.14. The van der Waals surface area contributed by atoms with Crippen LogP contribution in [0.3, 0.4) is 0 Å². The van der Waals surface area contributed by atoms with Crippen molar-refractivity contribution in [1.82, 2.24) is 29.5 Å². The van der Waals surface area contributed by atoms with E-state index in [-0.39, 0.29) is 5.54 Å². The summed E-state index contributed by atoms with van der Waals surface area (Å²) < 4.78 is 7.78. The highest BCUT2D eigenvalue weighted by Gasteiger charge is 2.43. The third kappa shape index (κ3) is 3.42. The third-order valence-electron chi connectivity index (χ3n) is 6.53. The molecule has 0 radical (unpaired) electrons. The number of nitrogens with zero attached hydrogens (tertiary/aromatic N) is 6. The minimum absolute atomic E-state index is 0.0420. The first-order valence-electron chi connectivity index (χ1n) is 10.5. The van der Waals surface area contributed by atoms with Gasteiger partial charge in [0.1, 0.15) is 11.6 Å². The molecule has 7 nitrogen and oxygen atoms in total. The van der Waals surface area contributed by atoms with Crippen molar-refractivity contribution in [2.75, 3.05) is 33.8 Å². The number of likely N-dealkylation sites (tertiary alicyclic amines) is 1. The average Bonchev–Trinajstić information content (AvgIpc) is 3.36. The highest BCUT2D eigenvalue weighted by Crippen LogP contribution is 2.39. The number of likely N-dealkylation sites (N-methyl/N-ethyl adjacent to an activating group) is 1. The zero-order valence-corrected chi connectivity index (χ0v) is 18.7. The molecule has 0 aliphatic carbocycles. The van der Waals surface area contributed by atoms with Gasteiger partial charge in [-0.3, -0.25) is 9.80 Å². The van der Waals surface area contributed by atoms with Gasteiger partial charge in [-0.25, -0.2) is 4.98 Å². The van der Waals surface area contributed by atoms with E-state index in [4.69, 9.17) is 4.74 Å². The third-order valence-corrected chi connectivity index (χ3v) is 7.45. The Morgan fingerprint density at radius 2 is 1.90 bits per heavy atom. The van der Waals surface area contributed by atoms with Crippen LogP contribution in [0, 0.1) is 6.92 Å². The Morgan fingerprint density at radius 3 is 2.57 bits per heavy atom. The van der Waals surface area contributed by atoms with Crippen LogP contribution in [0.4, 0.5) is 0 Å². The summed E-state index contributed by atoms with van der Waals surface area (Å²) in [4.78, 5) is 10.8. The number of thiazole rings is 1. The molecule has 0 bridgehead atoms. The second-order valence-corrected chi connectivity index (χ2v) is 9.48. The molecule has 1 aromatic carbocycles. The fourth-order valence-corrected chi connectivity index (χ4v) is 5.72. The molecule has 2 aliphatic heterocycles. The van der Waals surface area contributed by atoms with Gasteiger partial charge >= 0.3 is 0 Å². The van der Waals surface area contributed by atoms with Crippen molar-refractivity contribution < 1.29 is 4.74 Å². The molecule has 1 fully saturated rings. The van der Waals surface area contributed by atoms with Crippen molar-refractivity contribution in [1.29, 1.82) is 0 Å². The Bertz CT molecular complexity index is 1020. The highest BCUT2D eigenvalue weighted by molar-refractivity contribution is 7.09. The Balaban J connectivity index is 1.43. The number of hydrogen-bond acceptors (Lipinski definition) is 7. The zero-order chi connectivity index (χ0) is 20.7. The first-order chi connectivity index (χ1) is 14.6. The van der Waals surface area contributed by atoms with Gasteiger partial charge in [0, 0.05) is 36.6 Å². The summed E-state index contributed by atoms with van der Waals surface area (Å²) in [6.07, 6.45) is 2.20. The molecular formula is C22H28N6OS. The van der Waals surface area contributed by atoms with Crippen molar-refractivity contribution in [3.8, 4) is 17.1 Å². The topological polar surface area (TPSA) is 59.3 Å². The summed E-state index contributed by atoms with van der Waals surface area (Å²) in [7, 11) is 3.89. The van der Waals surface area contributed by atoms with E-state index in [1.807, 2.05) is 17.6 Å². The fraction of sp³-hybridized carbons (Fsp3) is 0.500. The molecule has 2 aliphatic rings. The normalized spacial score (nSPS) is 19.2. The predicted molar refractivity (Wildman–Crippen MR) is 118 cm³/mol. The lowest BCUT2D eigenvalue weighted by atomic mass is 9.84. The van der Waals surface area contributed by atoms with E-state index < -0.39 is 0 Å². The molecule has 8 heteroatoms. The van der Waals surface area contributed by atoms with Gasteiger partial charge < -0.3 is 9.30 Å². The molecule has 1 spiro atoms. The van der Waals surface area contributed by atoms with Gasteiger partial charge in [0.2, 0.25) is 0 Å². The first-order valence-corrected chi connectivity index (χ1v) is 11.3. The summed E-state index contributed by atoms with van der Waals surface area (Å²) in [5.41, 5.74) is 4.26. The van der Waals surface area contributed by atoms with Gasteiger partial charge in [-0.05, 0) is 51.1 Å². The molecular weight excluding hydrogens is 396 g/mol. The van der Waals surface area contributed by atoms with Gasteiger partial charge in [-0.15, -0.1) is 21.5 Å². The smallest absolute Gasteiger partial charge is 0.164 e. The SMILES string of the molecule is COc1ccc(-c2nnc3n2C2(CCN(Cc4scnc4C)CC2)CN(C)C3)cc1. The van der Waals surface area contributed by atoms with Gasteiger partial charge in [-0.2, -0.15) is 0 Å². The van der Waals surface area contributed by atoms with Crippen LogP contribution in [0.1, 0.15) is 29.2 Å². The maximum atomic E-state index is 5.33. The van der Waals surface area contributed by atoms with E-state index in [1.54, 1.807) is 18.4 Å². The molecule has 0 atom stereocenters. The molecule has 4 heterocycles. The van der Waals surface area contributed by atoms with Crippen LogP contribution < -0.4 is 4.74 Å². The number of methoxy groups -OCH3 is 1. The maximum absolute atomic E-state index is 5.33. The van der Waals surface area contributed by atoms with E-state index >= 15 is 0 Å². The van der Waals surface area contributed by atoms with Gasteiger partial charge in [0.15, 0.2) is 5.82 Å². The monoisotopic (exact) mass is 424 g/mol. The highest BCUT2D eigenvalue weighted by atomic mass is 32.1. The van der Waals surface area contributed by atoms with Crippen LogP contribution in [-0.2, 0) is 18.6 Å². The Morgan fingerprint density at radius 1 is 1.13 bits per heavy atom. The molecule has 30 heavy (non-hydrogen) atoms. The summed E-state index contributed by atoms with van der Waals surface area (Å²) >= 11 is 1.77. The van der Waals surface area contributed by atoms with Crippen molar-refractivity contribution in [3.63, 3.8) is 0 Å². The van der Waals surface area contributed by atoms with Crippen molar-refractivity contribution in [2.45, 2.75) is 38.4 Å². The summed E-state index contributed by atoms with van der Waals surface area (Å²) in [5, 5.41) is 9.21. The molecule has 1 saturated heterocycles. The van der Waals surface area contributed by atoms with E-state index in [1.165, 1.54) is 10.6 Å². The quantitative estimate of drug-likeness (QED) is 0.641. The minimum Gasteiger partial charge on any atom is -0.497 e. The summed E-state index contributed by atoms with van der Waals surface area (Å²) in [5.74, 6) is 2.91.